The Kier molecular flexibility index (Phi) is 3.19. The molecule has 17 heavy (non-hydrogen) atoms. The van der Waals surface area contributed by atoms with Crippen molar-refractivity contribution in [2.75, 3.05) is 0 Å². The number of pyridine rings is 1. The average molecular weight is 235 g/mol. The lowest BCUT2D eigenvalue weighted by atomic mass is 10.1. The number of nitrogens with zero attached hydrogens (tertiary/aromatic N) is 3. The molecule has 1 N–H and O–H groups in total. The Morgan fingerprint density at radius 2 is 2.29 bits per heavy atom. The molecule has 0 aliphatic heterocycles. The van der Waals surface area contributed by atoms with Gasteiger partial charge in [-0.05, 0) is 18.6 Å². The summed E-state index contributed by atoms with van der Waals surface area (Å²) in [5.41, 5.74) is 1.66. The van der Waals surface area contributed by atoms with Crippen molar-refractivity contribution in [3.05, 3.63) is 47.3 Å². The van der Waals surface area contributed by atoms with Gasteiger partial charge in [-0.15, -0.1) is 0 Å². The van der Waals surface area contributed by atoms with Crippen LogP contribution in [0.4, 0.5) is 4.39 Å². The van der Waals surface area contributed by atoms with Crippen molar-refractivity contribution >= 4 is 0 Å². The van der Waals surface area contributed by atoms with Crippen LogP contribution in [0.25, 0.3) is 0 Å². The number of rotatable bonds is 3. The Balaban J connectivity index is 2.40. The lowest BCUT2D eigenvalue weighted by Gasteiger charge is -2.11. The lowest BCUT2D eigenvalue weighted by molar-refractivity contribution is 0.204. The summed E-state index contributed by atoms with van der Waals surface area (Å²) in [5, 5.41) is 14.4. The molecule has 2 aromatic rings. The molecule has 2 heterocycles. The van der Waals surface area contributed by atoms with Crippen LogP contribution in [0.5, 0.6) is 0 Å². The van der Waals surface area contributed by atoms with Gasteiger partial charge >= 0.3 is 0 Å². The summed E-state index contributed by atoms with van der Waals surface area (Å²) in [6, 6.07) is 3.25. The third-order valence-electron chi connectivity index (χ3n) is 2.71. The third-order valence-corrected chi connectivity index (χ3v) is 2.71. The fourth-order valence-electron chi connectivity index (χ4n) is 1.74. The monoisotopic (exact) mass is 235 g/mol. The van der Waals surface area contributed by atoms with Crippen LogP contribution in [0, 0.1) is 5.82 Å². The number of aliphatic hydroxyl groups is 1. The number of aliphatic hydroxyl groups excluding tert-OH is 1. The molecule has 0 amide bonds. The Hall–Kier alpha value is -1.75. The molecule has 0 aliphatic carbocycles. The van der Waals surface area contributed by atoms with Gasteiger partial charge in [0.05, 0.1) is 17.6 Å². The van der Waals surface area contributed by atoms with Crippen LogP contribution in [-0.4, -0.2) is 19.9 Å². The quantitative estimate of drug-likeness (QED) is 0.879. The first-order valence-corrected chi connectivity index (χ1v) is 5.43. The largest absolute Gasteiger partial charge is 0.382 e. The summed E-state index contributed by atoms with van der Waals surface area (Å²) >= 11 is 0. The first kappa shape index (κ1) is 11.7. The van der Waals surface area contributed by atoms with E-state index in [1.807, 2.05) is 6.92 Å². The van der Waals surface area contributed by atoms with Gasteiger partial charge < -0.3 is 5.11 Å². The second-order valence-electron chi connectivity index (χ2n) is 3.84. The highest BCUT2D eigenvalue weighted by Crippen LogP contribution is 2.23. The van der Waals surface area contributed by atoms with E-state index in [9.17, 15) is 9.50 Å². The van der Waals surface area contributed by atoms with Gasteiger partial charge in [0.1, 0.15) is 11.9 Å². The fourth-order valence-corrected chi connectivity index (χ4v) is 1.74. The number of aromatic nitrogens is 3. The minimum absolute atomic E-state index is 0.214. The van der Waals surface area contributed by atoms with Crippen molar-refractivity contribution in [1.82, 2.24) is 14.8 Å². The Bertz CT molecular complexity index is 524. The zero-order chi connectivity index (χ0) is 12.4. The number of hydrogen-bond donors (Lipinski definition) is 1. The van der Waals surface area contributed by atoms with Crippen molar-refractivity contribution < 1.29 is 9.50 Å². The van der Waals surface area contributed by atoms with E-state index in [1.165, 1.54) is 12.3 Å². The topological polar surface area (TPSA) is 50.9 Å². The van der Waals surface area contributed by atoms with Crippen molar-refractivity contribution in [1.29, 1.82) is 0 Å². The van der Waals surface area contributed by atoms with Crippen LogP contribution in [0.15, 0.2) is 24.5 Å². The molecular formula is C12H14FN3O. The van der Waals surface area contributed by atoms with Crippen molar-refractivity contribution in [3.8, 4) is 0 Å². The van der Waals surface area contributed by atoms with Crippen LogP contribution in [0.3, 0.4) is 0 Å². The number of halogens is 1. The molecule has 0 aliphatic rings. The molecule has 1 unspecified atom stereocenters. The molecule has 5 heteroatoms. The summed E-state index contributed by atoms with van der Waals surface area (Å²) in [6.07, 6.45) is 2.31. The number of aryl methyl sites for hydroxylation is 2. The zero-order valence-electron chi connectivity index (χ0n) is 9.76. The van der Waals surface area contributed by atoms with E-state index in [0.717, 1.165) is 18.3 Å². The molecule has 0 saturated carbocycles. The molecule has 0 fully saturated rings. The molecule has 1 atom stereocenters. The van der Waals surface area contributed by atoms with Crippen molar-refractivity contribution in [2.24, 2.45) is 7.05 Å². The first-order chi connectivity index (χ1) is 8.13. The summed E-state index contributed by atoms with van der Waals surface area (Å²) in [6.45, 7) is 1.98. The molecule has 2 rings (SSSR count). The minimum Gasteiger partial charge on any atom is -0.382 e. The summed E-state index contributed by atoms with van der Waals surface area (Å²) in [5.74, 6) is -0.515. The van der Waals surface area contributed by atoms with Gasteiger partial charge in [0, 0.05) is 18.8 Å². The molecular weight excluding hydrogens is 221 g/mol. The third kappa shape index (κ3) is 2.19. The number of hydrogen-bond acceptors (Lipinski definition) is 3. The SMILES string of the molecule is CCc1cc(C(O)c2ccncc2F)n(C)n1. The van der Waals surface area contributed by atoms with E-state index in [4.69, 9.17) is 0 Å². The van der Waals surface area contributed by atoms with Gasteiger partial charge in [0.15, 0.2) is 0 Å². The average Bonchev–Trinajstić information content (AvgIpc) is 2.70. The molecule has 0 saturated heterocycles. The maximum atomic E-state index is 13.5. The molecule has 4 nitrogen and oxygen atoms in total. The van der Waals surface area contributed by atoms with Gasteiger partial charge in [-0.2, -0.15) is 5.10 Å². The van der Waals surface area contributed by atoms with E-state index < -0.39 is 11.9 Å². The van der Waals surface area contributed by atoms with Crippen molar-refractivity contribution in [3.63, 3.8) is 0 Å². The van der Waals surface area contributed by atoms with Gasteiger partial charge in [0.25, 0.3) is 0 Å². The zero-order valence-corrected chi connectivity index (χ0v) is 9.76. The standard InChI is InChI=1S/C12H14FN3O/c1-3-8-6-11(16(2)15-8)12(17)9-4-5-14-7-10(9)13/h4-7,12,17H,3H2,1-2H3. The summed E-state index contributed by atoms with van der Waals surface area (Å²) in [7, 11) is 1.73. The van der Waals surface area contributed by atoms with Crippen LogP contribution in [0.2, 0.25) is 0 Å². The van der Waals surface area contributed by atoms with E-state index in [-0.39, 0.29) is 5.56 Å². The fraction of sp³-hybridized carbons (Fsp3) is 0.333. The minimum atomic E-state index is -1.02. The normalized spacial score (nSPS) is 12.7. The van der Waals surface area contributed by atoms with Crippen LogP contribution in [0.1, 0.15) is 30.0 Å². The van der Waals surface area contributed by atoms with Gasteiger partial charge in [-0.25, -0.2) is 4.39 Å². The Morgan fingerprint density at radius 1 is 1.53 bits per heavy atom. The van der Waals surface area contributed by atoms with Crippen LogP contribution >= 0.6 is 0 Å². The Morgan fingerprint density at radius 3 is 2.88 bits per heavy atom. The molecule has 90 valence electrons. The first-order valence-electron chi connectivity index (χ1n) is 5.43. The summed E-state index contributed by atoms with van der Waals surface area (Å²) in [4.78, 5) is 3.66. The molecule has 0 radical (unpaired) electrons. The molecule has 2 aromatic heterocycles. The predicted molar refractivity (Wildman–Crippen MR) is 60.8 cm³/mol. The van der Waals surface area contributed by atoms with E-state index >= 15 is 0 Å². The smallest absolute Gasteiger partial charge is 0.147 e. The van der Waals surface area contributed by atoms with Crippen LogP contribution < -0.4 is 0 Å². The maximum absolute atomic E-state index is 13.5. The van der Waals surface area contributed by atoms with E-state index in [2.05, 4.69) is 10.1 Å². The molecule has 0 aromatic carbocycles. The second kappa shape index (κ2) is 4.63. The molecule has 0 bridgehead atoms. The van der Waals surface area contributed by atoms with Gasteiger partial charge in [-0.1, -0.05) is 6.92 Å². The lowest BCUT2D eigenvalue weighted by Crippen LogP contribution is -2.08. The van der Waals surface area contributed by atoms with Gasteiger partial charge in [-0.3, -0.25) is 9.67 Å². The summed E-state index contributed by atoms with van der Waals surface area (Å²) < 4.78 is 15.1. The highest BCUT2D eigenvalue weighted by molar-refractivity contribution is 5.26. The highest BCUT2D eigenvalue weighted by Gasteiger charge is 2.18. The predicted octanol–water partition coefficient (Wildman–Crippen LogP) is 1.60. The molecule has 0 spiro atoms. The highest BCUT2D eigenvalue weighted by atomic mass is 19.1. The van der Waals surface area contributed by atoms with E-state index in [1.54, 1.807) is 17.8 Å². The van der Waals surface area contributed by atoms with E-state index in [0.29, 0.717) is 5.69 Å². The second-order valence-corrected chi connectivity index (χ2v) is 3.84. The van der Waals surface area contributed by atoms with Gasteiger partial charge in [0.2, 0.25) is 0 Å². The van der Waals surface area contributed by atoms with Crippen LogP contribution in [-0.2, 0) is 13.5 Å². The maximum Gasteiger partial charge on any atom is 0.147 e. The van der Waals surface area contributed by atoms with Crippen molar-refractivity contribution in [2.45, 2.75) is 19.4 Å². The Labute approximate surface area is 98.7 Å².